The molecule has 0 aromatic carbocycles. The van der Waals surface area contributed by atoms with Crippen molar-refractivity contribution in [3.8, 4) is 0 Å². The predicted molar refractivity (Wildman–Crippen MR) is 180 cm³/mol. The summed E-state index contributed by atoms with van der Waals surface area (Å²) in [4.78, 5) is 10.3. The van der Waals surface area contributed by atoms with E-state index in [-0.39, 0.29) is 6.61 Å². The van der Waals surface area contributed by atoms with Crippen molar-refractivity contribution >= 4 is 5.97 Å². The van der Waals surface area contributed by atoms with Gasteiger partial charge in [0.25, 0.3) is 0 Å². The van der Waals surface area contributed by atoms with Gasteiger partial charge >= 0.3 is 5.97 Å². The third kappa shape index (κ3) is 23.2. The Morgan fingerprint density at radius 2 is 1.44 bits per heavy atom. The van der Waals surface area contributed by atoms with E-state index < -0.39 is 5.97 Å². The molecule has 0 aromatic heterocycles. The summed E-state index contributed by atoms with van der Waals surface area (Å²) in [6.45, 7) is 13.4. The minimum atomic E-state index is -0.664. The molecular formula is C38H64O3. The number of allylic oxidation sites excluding steroid dienone is 11. The van der Waals surface area contributed by atoms with E-state index in [2.05, 4.69) is 65.0 Å². The zero-order valence-electron chi connectivity index (χ0n) is 27.6. The number of unbranched alkanes of at least 4 members (excludes halogenated alkanes) is 11. The quantitative estimate of drug-likeness (QED) is 0.0872. The van der Waals surface area contributed by atoms with Crippen LogP contribution in [0, 0.1) is 5.41 Å². The number of aliphatic carboxylic acids is 1. The Hall–Kier alpha value is -2.13. The second kappa shape index (κ2) is 25.6. The highest BCUT2D eigenvalue weighted by Gasteiger charge is 2.26. The average Bonchev–Trinajstić information content (AvgIpc) is 2.90. The molecule has 0 bridgehead atoms. The zero-order valence-corrected chi connectivity index (χ0v) is 27.6. The molecule has 0 radical (unpaired) electrons. The molecule has 0 saturated carbocycles. The van der Waals surface area contributed by atoms with Crippen LogP contribution in [-0.4, -0.2) is 22.8 Å². The highest BCUT2D eigenvalue weighted by molar-refractivity contribution is 5.66. The predicted octanol–water partition coefficient (Wildman–Crippen LogP) is 11.6. The lowest BCUT2D eigenvalue weighted by molar-refractivity contribution is -0.137. The van der Waals surface area contributed by atoms with Crippen LogP contribution in [0.1, 0.15) is 151 Å². The molecule has 0 amide bonds. The molecule has 0 spiro atoms. The summed E-state index contributed by atoms with van der Waals surface area (Å²) >= 11 is 0. The van der Waals surface area contributed by atoms with Crippen molar-refractivity contribution in [2.75, 3.05) is 6.61 Å². The maximum absolute atomic E-state index is 10.3. The first kappa shape index (κ1) is 38.9. The average molecular weight is 569 g/mol. The number of aliphatic hydroxyl groups excluding tert-OH is 1. The van der Waals surface area contributed by atoms with Crippen LogP contribution < -0.4 is 0 Å². The lowest BCUT2D eigenvalue weighted by atomic mass is 9.72. The van der Waals surface area contributed by atoms with Crippen LogP contribution in [-0.2, 0) is 4.79 Å². The van der Waals surface area contributed by atoms with Crippen LogP contribution in [0.15, 0.2) is 70.9 Å². The maximum atomic E-state index is 10.3. The van der Waals surface area contributed by atoms with Crippen molar-refractivity contribution in [3.63, 3.8) is 0 Å². The standard InChI is InChI=1S/C20H30O.C18H34O2/c1-16(8-6-9-17(2)13-15-21)11-12-19-18(3)10-7-14-20(19,4)5;1-2-3-4-5-6-7-8-9-10-11-12-13-14-15-16-17-18(19)20/h6,8-9,11-13,21H,7,10,14-15H2,1-5H3;9-10H,2-8,11-17H2,1H3,(H,19,20)/b9-6+,12-11+,16-8+,17-13+;10-9-. The molecule has 41 heavy (non-hydrogen) atoms. The van der Waals surface area contributed by atoms with E-state index in [1.54, 1.807) is 6.08 Å². The second-order valence-electron chi connectivity index (χ2n) is 12.4. The number of hydrogen-bond acceptors (Lipinski definition) is 2. The zero-order chi connectivity index (χ0) is 30.8. The molecular weight excluding hydrogens is 504 g/mol. The van der Waals surface area contributed by atoms with Crippen LogP contribution in [0.3, 0.4) is 0 Å². The first-order chi connectivity index (χ1) is 19.6. The molecule has 1 rings (SSSR count). The van der Waals surface area contributed by atoms with Gasteiger partial charge in [-0.15, -0.1) is 0 Å². The third-order valence-electron chi connectivity index (χ3n) is 7.84. The van der Waals surface area contributed by atoms with Crippen molar-refractivity contribution < 1.29 is 15.0 Å². The number of hydrogen-bond donors (Lipinski definition) is 2. The molecule has 2 N–H and O–H groups in total. The monoisotopic (exact) mass is 568 g/mol. The Labute approximate surface area is 254 Å². The SMILES string of the molecule is CC1=C(/C=C/C(C)=C/C=C/C(C)=C/CO)C(C)(C)CCC1.CCCCCCCC/C=C\CCCCCCCC(=O)O. The van der Waals surface area contributed by atoms with Crippen molar-refractivity contribution in [1.82, 2.24) is 0 Å². The van der Waals surface area contributed by atoms with E-state index in [1.807, 2.05) is 19.1 Å². The van der Waals surface area contributed by atoms with Gasteiger partial charge in [0.1, 0.15) is 0 Å². The van der Waals surface area contributed by atoms with Crippen LogP contribution >= 0.6 is 0 Å². The van der Waals surface area contributed by atoms with E-state index in [1.165, 1.54) is 107 Å². The van der Waals surface area contributed by atoms with Crippen LogP contribution in [0.5, 0.6) is 0 Å². The summed E-state index contributed by atoms with van der Waals surface area (Å²) in [5.74, 6) is -0.664. The highest BCUT2D eigenvalue weighted by Crippen LogP contribution is 2.40. The summed E-state index contributed by atoms with van der Waals surface area (Å²) in [6.07, 6.45) is 37.5. The van der Waals surface area contributed by atoms with E-state index in [0.29, 0.717) is 11.8 Å². The van der Waals surface area contributed by atoms with Gasteiger partial charge in [0.15, 0.2) is 0 Å². The Bertz CT molecular complexity index is 864. The summed E-state index contributed by atoms with van der Waals surface area (Å²) in [6, 6.07) is 0. The molecule has 3 heteroatoms. The highest BCUT2D eigenvalue weighted by atomic mass is 16.4. The minimum absolute atomic E-state index is 0.0985. The lowest BCUT2D eigenvalue weighted by Crippen LogP contribution is -2.19. The minimum Gasteiger partial charge on any atom is -0.481 e. The van der Waals surface area contributed by atoms with E-state index in [4.69, 9.17) is 10.2 Å². The second-order valence-corrected chi connectivity index (χ2v) is 12.4. The number of carbonyl (C=O) groups is 1. The Morgan fingerprint density at radius 1 is 0.854 bits per heavy atom. The third-order valence-corrected chi connectivity index (χ3v) is 7.84. The Balaban J connectivity index is 0.000000782. The molecule has 0 aromatic rings. The molecule has 1 aliphatic rings. The van der Waals surface area contributed by atoms with Crippen LogP contribution in [0.2, 0.25) is 0 Å². The van der Waals surface area contributed by atoms with Crippen molar-refractivity contribution in [2.24, 2.45) is 5.41 Å². The van der Waals surface area contributed by atoms with Crippen LogP contribution in [0.4, 0.5) is 0 Å². The van der Waals surface area contributed by atoms with Gasteiger partial charge in [-0.05, 0) is 83.1 Å². The van der Waals surface area contributed by atoms with Crippen molar-refractivity contribution in [1.29, 1.82) is 0 Å². The van der Waals surface area contributed by atoms with Crippen molar-refractivity contribution in [3.05, 3.63) is 70.9 Å². The van der Waals surface area contributed by atoms with Gasteiger partial charge < -0.3 is 10.2 Å². The summed E-state index contributed by atoms with van der Waals surface area (Å²) < 4.78 is 0. The van der Waals surface area contributed by atoms with Crippen LogP contribution in [0.25, 0.3) is 0 Å². The summed E-state index contributed by atoms with van der Waals surface area (Å²) in [5.41, 5.74) is 5.66. The van der Waals surface area contributed by atoms with Gasteiger partial charge in [0, 0.05) is 6.42 Å². The first-order valence-electron chi connectivity index (χ1n) is 16.5. The van der Waals surface area contributed by atoms with E-state index in [9.17, 15) is 4.79 Å². The van der Waals surface area contributed by atoms with Gasteiger partial charge in [-0.1, -0.05) is 137 Å². The van der Waals surface area contributed by atoms with Gasteiger partial charge in [0.05, 0.1) is 6.61 Å². The number of carboxylic acid groups (broad SMARTS) is 1. The Morgan fingerprint density at radius 3 is 2.00 bits per heavy atom. The molecule has 0 atom stereocenters. The van der Waals surface area contributed by atoms with Gasteiger partial charge in [-0.25, -0.2) is 0 Å². The molecule has 0 unspecified atom stereocenters. The topological polar surface area (TPSA) is 57.5 Å². The molecule has 1 aliphatic carbocycles. The van der Waals surface area contributed by atoms with Gasteiger partial charge in [-0.2, -0.15) is 0 Å². The maximum Gasteiger partial charge on any atom is 0.303 e. The molecule has 234 valence electrons. The molecule has 0 saturated heterocycles. The van der Waals surface area contributed by atoms with E-state index >= 15 is 0 Å². The largest absolute Gasteiger partial charge is 0.481 e. The van der Waals surface area contributed by atoms with Gasteiger partial charge in [0.2, 0.25) is 0 Å². The fraction of sp³-hybridized carbons (Fsp3) is 0.658. The van der Waals surface area contributed by atoms with Crippen molar-refractivity contribution in [2.45, 2.75) is 151 Å². The molecule has 0 aliphatic heterocycles. The smallest absolute Gasteiger partial charge is 0.303 e. The molecule has 0 heterocycles. The Kier molecular flexibility index (Phi) is 24.2. The lowest BCUT2D eigenvalue weighted by Gasteiger charge is -2.32. The molecule has 3 nitrogen and oxygen atoms in total. The summed E-state index contributed by atoms with van der Waals surface area (Å²) in [5, 5.41) is 17.3. The summed E-state index contributed by atoms with van der Waals surface area (Å²) in [7, 11) is 0. The normalized spacial score (nSPS) is 16.2. The fourth-order valence-electron chi connectivity index (χ4n) is 5.19. The molecule has 0 fully saturated rings. The number of rotatable bonds is 20. The van der Waals surface area contributed by atoms with Gasteiger partial charge in [-0.3, -0.25) is 4.79 Å². The first-order valence-corrected chi connectivity index (χ1v) is 16.5. The number of aliphatic hydroxyl groups is 1. The van der Waals surface area contributed by atoms with E-state index in [0.717, 1.165) is 18.4 Å². The number of carboxylic acids is 1. The fourth-order valence-corrected chi connectivity index (χ4v) is 5.19.